The van der Waals surface area contributed by atoms with Gasteiger partial charge in [-0.3, -0.25) is 0 Å². The fraction of sp³-hybridized carbons (Fsp3) is 0.226. The molecule has 0 amide bonds. The van der Waals surface area contributed by atoms with Gasteiger partial charge in [0.25, 0.3) is 0 Å². The molecular weight excluding hydrogens is 659 g/mol. The first-order valence-electron chi connectivity index (χ1n) is 13.7. The zero-order valence-electron chi connectivity index (χ0n) is 24.0. The minimum atomic E-state index is -4.89. The molecule has 47 heavy (non-hydrogen) atoms. The van der Waals surface area contributed by atoms with E-state index in [9.17, 15) is 35.8 Å². The zero-order chi connectivity index (χ0) is 34.1. The number of nitrogens with zero attached hydrogens (tertiary/aromatic N) is 3. The summed E-state index contributed by atoms with van der Waals surface area (Å²) in [5, 5.41) is 13.2. The topological polar surface area (TPSA) is 107 Å². The number of benzene rings is 3. The van der Waals surface area contributed by atoms with E-state index in [1.807, 2.05) is 0 Å². The average molecular weight is 682 g/mol. The van der Waals surface area contributed by atoms with Crippen LogP contribution in [-0.4, -0.2) is 34.7 Å². The molecule has 2 aromatic heterocycles. The van der Waals surface area contributed by atoms with Crippen LogP contribution in [0.3, 0.4) is 0 Å². The maximum absolute atomic E-state index is 14.8. The third kappa shape index (κ3) is 7.60. The maximum atomic E-state index is 14.8. The largest absolute Gasteiger partial charge is 0.573 e. The first-order chi connectivity index (χ1) is 22.2. The Bertz CT molecular complexity index is 1920. The molecule has 0 atom stereocenters. The highest BCUT2D eigenvalue weighted by molar-refractivity contribution is 7.51. The molecule has 1 aliphatic carbocycles. The quantitative estimate of drug-likeness (QED) is 0.174. The van der Waals surface area contributed by atoms with Gasteiger partial charge in [-0.1, -0.05) is 12.1 Å². The van der Waals surface area contributed by atoms with Crippen LogP contribution in [0.25, 0.3) is 39.4 Å². The number of halogens is 7. The first-order valence-corrected chi connectivity index (χ1v) is 14.4. The van der Waals surface area contributed by atoms with Gasteiger partial charge in [-0.15, -0.1) is 13.2 Å². The predicted octanol–water partition coefficient (Wildman–Crippen LogP) is 7.93. The molecule has 3 aromatic carbocycles. The standard InChI is InChI=1S/C31H22F7N3O3.O2S/c1-16-12-20(14-24(32)23(16)15-42)19-6-9-25(41-11-10-26(40-41)30(33,34)35)22(13-19)28-27(39-29(43-28)18-2-3-18)17-4-7-21(8-5-17)44-31(36,37)38;1-3-2/h4-14,18,42H,2-3,15H2,1H3;. The summed E-state index contributed by atoms with van der Waals surface area (Å²) >= 11 is -0.750. The van der Waals surface area contributed by atoms with Crippen LogP contribution in [0.2, 0.25) is 0 Å². The molecule has 1 aliphatic rings. The number of alkyl halides is 6. The Kier molecular flexibility index (Phi) is 9.36. The lowest BCUT2D eigenvalue weighted by molar-refractivity contribution is -0.274. The Labute approximate surface area is 265 Å². The molecule has 1 fully saturated rings. The van der Waals surface area contributed by atoms with E-state index >= 15 is 0 Å². The van der Waals surface area contributed by atoms with Gasteiger partial charge >= 0.3 is 24.1 Å². The zero-order valence-corrected chi connectivity index (χ0v) is 24.8. The second-order valence-corrected chi connectivity index (χ2v) is 10.6. The van der Waals surface area contributed by atoms with E-state index < -0.39 is 48.0 Å². The van der Waals surface area contributed by atoms with Gasteiger partial charge in [0.2, 0.25) is 0 Å². The van der Waals surface area contributed by atoms with Crippen molar-refractivity contribution in [2.75, 3.05) is 0 Å². The Balaban J connectivity index is 0.00000139. The van der Waals surface area contributed by atoms with E-state index in [4.69, 9.17) is 12.8 Å². The van der Waals surface area contributed by atoms with E-state index in [0.717, 1.165) is 41.9 Å². The Morgan fingerprint density at radius 1 is 0.957 bits per heavy atom. The number of hydrogen-bond acceptors (Lipinski definition) is 7. The second-order valence-electron chi connectivity index (χ2n) is 10.4. The molecule has 0 aliphatic heterocycles. The van der Waals surface area contributed by atoms with Gasteiger partial charge in [0.1, 0.15) is 17.3 Å². The summed E-state index contributed by atoms with van der Waals surface area (Å²) in [6, 6.07) is 13.4. The van der Waals surface area contributed by atoms with Crippen LogP contribution in [0.1, 0.15) is 41.5 Å². The minimum absolute atomic E-state index is 0.00581. The normalized spacial score (nSPS) is 13.2. The second kappa shape index (κ2) is 13.1. The van der Waals surface area contributed by atoms with Crippen molar-refractivity contribution in [2.45, 2.75) is 44.8 Å². The number of oxazole rings is 1. The van der Waals surface area contributed by atoms with Crippen molar-refractivity contribution in [3.8, 4) is 45.1 Å². The Morgan fingerprint density at radius 3 is 2.17 bits per heavy atom. The summed E-state index contributed by atoms with van der Waals surface area (Å²) < 4.78 is 121. The maximum Gasteiger partial charge on any atom is 0.573 e. The van der Waals surface area contributed by atoms with Crippen molar-refractivity contribution < 1.29 is 53.4 Å². The summed E-state index contributed by atoms with van der Waals surface area (Å²) in [5.41, 5.74) is 1.46. The third-order valence-electron chi connectivity index (χ3n) is 7.21. The van der Waals surface area contributed by atoms with E-state index in [1.165, 1.54) is 24.3 Å². The van der Waals surface area contributed by atoms with Gasteiger partial charge in [0.05, 0.1) is 12.3 Å². The lowest BCUT2D eigenvalue weighted by Gasteiger charge is -2.14. The molecule has 1 N–H and O–H groups in total. The molecule has 246 valence electrons. The predicted molar refractivity (Wildman–Crippen MR) is 153 cm³/mol. The van der Waals surface area contributed by atoms with Gasteiger partial charge in [0.15, 0.2) is 17.3 Å². The minimum Gasteiger partial charge on any atom is -0.440 e. The Hall–Kier alpha value is -4.83. The van der Waals surface area contributed by atoms with Crippen molar-refractivity contribution in [3.63, 3.8) is 0 Å². The van der Waals surface area contributed by atoms with Gasteiger partial charge < -0.3 is 14.3 Å². The molecule has 0 bridgehead atoms. The average Bonchev–Trinajstić information content (AvgIpc) is 3.54. The summed E-state index contributed by atoms with van der Waals surface area (Å²) in [6.45, 7) is 1.14. The third-order valence-corrected chi connectivity index (χ3v) is 7.21. The number of ether oxygens (including phenoxy) is 1. The summed E-state index contributed by atoms with van der Waals surface area (Å²) in [6.07, 6.45) is -6.85. The summed E-state index contributed by atoms with van der Waals surface area (Å²) in [4.78, 5) is 4.63. The highest BCUT2D eigenvalue weighted by Gasteiger charge is 2.35. The number of aliphatic hydroxyl groups is 1. The molecule has 16 heteroatoms. The fourth-order valence-electron chi connectivity index (χ4n) is 4.88. The summed E-state index contributed by atoms with van der Waals surface area (Å²) in [7, 11) is 0. The number of aromatic nitrogens is 3. The van der Waals surface area contributed by atoms with Crippen LogP contribution in [0.15, 0.2) is 71.3 Å². The lowest BCUT2D eigenvalue weighted by Crippen LogP contribution is -2.16. The Morgan fingerprint density at radius 2 is 1.62 bits per heavy atom. The smallest absolute Gasteiger partial charge is 0.440 e. The number of hydrogen-bond donors (Lipinski definition) is 1. The molecule has 0 unspecified atom stereocenters. The van der Waals surface area contributed by atoms with Crippen LogP contribution in [0.4, 0.5) is 30.7 Å². The molecule has 0 saturated heterocycles. The SMILES string of the molecule is Cc1cc(-c2ccc(-n3ccc(C(F)(F)F)n3)c(-c3oc(C4CC4)nc3-c3ccc(OC(F)(F)F)cc3)c2)cc(F)c1CO.O=S=O. The van der Waals surface area contributed by atoms with Crippen molar-refractivity contribution >= 4 is 11.6 Å². The highest BCUT2D eigenvalue weighted by atomic mass is 32.1. The molecule has 5 aromatic rings. The number of aliphatic hydroxyl groups excluding tert-OH is 1. The van der Waals surface area contributed by atoms with Gasteiger partial charge in [-0.05, 0) is 85.0 Å². The van der Waals surface area contributed by atoms with Crippen LogP contribution in [-0.2, 0) is 24.4 Å². The molecule has 1 saturated carbocycles. The van der Waals surface area contributed by atoms with E-state index in [2.05, 4.69) is 14.8 Å². The molecule has 2 heterocycles. The molecule has 0 radical (unpaired) electrons. The van der Waals surface area contributed by atoms with Crippen molar-refractivity contribution in [3.05, 3.63) is 95.4 Å². The van der Waals surface area contributed by atoms with E-state index in [1.54, 1.807) is 25.1 Å². The summed E-state index contributed by atoms with van der Waals surface area (Å²) in [5.74, 6) is -0.566. The molecule has 8 nitrogen and oxygen atoms in total. The van der Waals surface area contributed by atoms with Crippen molar-refractivity contribution in [1.82, 2.24) is 14.8 Å². The molecular formula is C31H22F7N3O5S. The highest BCUT2D eigenvalue weighted by Crippen LogP contribution is 2.46. The van der Waals surface area contributed by atoms with Gasteiger partial charge in [0, 0.05) is 28.8 Å². The van der Waals surface area contributed by atoms with Crippen LogP contribution >= 0.6 is 0 Å². The monoisotopic (exact) mass is 681 g/mol. The first kappa shape index (κ1) is 33.5. The van der Waals surface area contributed by atoms with Gasteiger partial charge in [-0.25, -0.2) is 14.1 Å². The van der Waals surface area contributed by atoms with E-state index in [-0.39, 0.29) is 34.2 Å². The molecule has 0 spiro atoms. The number of aryl methyl sites for hydroxylation is 1. The van der Waals surface area contributed by atoms with Gasteiger partial charge in [-0.2, -0.15) is 26.7 Å². The van der Waals surface area contributed by atoms with E-state index in [0.29, 0.717) is 28.1 Å². The van der Waals surface area contributed by atoms with Crippen LogP contribution in [0.5, 0.6) is 5.75 Å². The van der Waals surface area contributed by atoms with Crippen molar-refractivity contribution in [2.24, 2.45) is 0 Å². The van der Waals surface area contributed by atoms with Crippen LogP contribution in [0, 0.1) is 12.7 Å². The molecule has 6 rings (SSSR count). The number of rotatable bonds is 7. The fourth-order valence-corrected chi connectivity index (χ4v) is 4.88. The van der Waals surface area contributed by atoms with Crippen LogP contribution < -0.4 is 4.74 Å². The lowest BCUT2D eigenvalue weighted by atomic mass is 9.96. The van der Waals surface area contributed by atoms with Crippen molar-refractivity contribution in [1.29, 1.82) is 0 Å².